The average Bonchev–Trinajstić information content (AvgIpc) is 2.14. The van der Waals surface area contributed by atoms with Crippen molar-refractivity contribution in [3.05, 3.63) is 0 Å². The fourth-order valence-electron chi connectivity index (χ4n) is 1.27. The smallest absolute Gasteiger partial charge is 0.0103 e. The molecule has 0 aromatic carbocycles. The number of nitrogens with one attached hydrogen (secondary N) is 1. The third-order valence-corrected chi connectivity index (χ3v) is 2.60. The van der Waals surface area contributed by atoms with Gasteiger partial charge in [-0.3, -0.25) is 0 Å². The van der Waals surface area contributed by atoms with Crippen LogP contribution in [0.3, 0.4) is 0 Å². The zero-order chi connectivity index (χ0) is 9.94. The summed E-state index contributed by atoms with van der Waals surface area (Å²) >= 11 is 1.92. The zero-order valence-electron chi connectivity index (χ0n) is 9.02. The van der Waals surface area contributed by atoms with Crippen LogP contribution in [-0.4, -0.2) is 24.6 Å². The highest BCUT2D eigenvalue weighted by Crippen LogP contribution is 2.05. The number of hydrogen-bond donors (Lipinski definition) is 1. The molecule has 0 spiro atoms. The van der Waals surface area contributed by atoms with Crippen molar-refractivity contribution in [3.8, 4) is 11.8 Å². The Bertz CT molecular complexity index is 157. The molecule has 1 nitrogen and oxygen atoms in total. The van der Waals surface area contributed by atoms with Gasteiger partial charge in [0.2, 0.25) is 0 Å². The molecular formula is C11H21NS. The van der Waals surface area contributed by atoms with Crippen molar-refractivity contribution >= 4 is 11.8 Å². The first kappa shape index (κ1) is 12.9. The summed E-state index contributed by atoms with van der Waals surface area (Å²) in [7, 11) is 0. The molecule has 1 unspecified atom stereocenters. The summed E-state index contributed by atoms with van der Waals surface area (Å²) in [6.07, 6.45) is 5.65. The van der Waals surface area contributed by atoms with Gasteiger partial charge in [0, 0.05) is 12.5 Å². The van der Waals surface area contributed by atoms with Crippen LogP contribution in [0.1, 0.15) is 33.1 Å². The summed E-state index contributed by atoms with van der Waals surface area (Å²) in [6, 6.07) is 0.665. The molecule has 0 aliphatic rings. The molecule has 0 saturated heterocycles. The van der Waals surface area contributed by atoms with Crippen molar-refractivity contribution < 1.29 is 0 Å². The monoisotopic (exact) mass is 199 g/mol. The van der Waals surface area contributed by atoms with Crippen LogP contribution >= 0.6 is 11.8 Å². The van der Waals surface area contributed by atoms with E-state index in [4.69, 9.17) is 0 Å². The van der Waals surface area contributed by atoms with E-state index < -0.39 is 0 Å². The Morgan fingerprint density at radius 2 is 2.15 bits per heavy atom. The van der Waals surface area contributed by atoms with Gasteiger partial charge in [0.05, 0.1) is 0 Å². The maximum absolute atomic E-state index is 3.50. The van der Waals surface area contributed by atoms with Gasteiger partial charge in [-0.25, -0.2) is 0 Å². The van der Waals surface area contributed by atoms with Crippen LogP contribution in [0.25, 0.3) is 0 Å². The molecule has 2 heteroatoms. The topological polar surface area (TPSA) is 12.0 Å². The molecule has 0 heterocycles. The molecule has 0 rings (SSSR count). The van der Waals surface area contributed by atoms with Gasteiger partial charge >= 0.3 is 0 Å². The molecule has 0 aromatic rings. The van der Waals surface area contributed by atoms with E-state index in [1.165, 1.54) is 18.6 Å². The highest BCUT2D eigenvalue weighted by Gasteiger charge is 2.04. The highest BCUT2D eigenvalue weighted by molar-refractivity contribution is 7.98. The molecule has 13 heavy (non-hydrogen) atoms. The molecule has 0 fully saturated rings. The molecule has 1 N–H and O–H groups in total. The second kappa shape index (κ2) is 9.95. The van der Waals surface area contributed by atoms with Crippen molar-refractivity contribution in [2.24, 2.45) is 0 Å². The molecule has 0 aliphatic heterocycles. The maximum atomic E-state index is 3.50. The molecule has 0 aliphatic carbocycles. The Kier molecular flexibility index (Phi) is 9.85. The van der Waals surface area contributed by atoms with E-state index in [0.29, 0.717) is 6.04 Å². The Balaban J connectivity index is 3.57. The molecule has 0 saturated carbocycles. The van der Waals surface area contributed by atoms with E-state index in [1.807, 2.05) is 18.7 Å². The summed E-state index contributed by atoms with van der Waals surface area (Å²) in [6.45, 7) is 5.14. The molecule has 76 valence electrons. The number of hydrogen-bond acceptors (Lipinski definition) is 2. The Hall–Kier alpha value is -0.130. The number of thioether (sulfide) groups is 1. The quantitative estimate of drug-likeness (QED) is 0.632. The predicted octanol–water partition coefficient (Wildman–Crippen LogP) is 2.52. The van der Waals surface area contributed by atoms with E-state index in [9.17, 15) is 0 Å². The minimum atomic E-state index is 0.665. The maximum Gasteiger partial charge on any atom is 0.0103 e. The van der Waals surface area contributed by atoms with Crippen LogP contribution < -0.4 is 5.32 Å². The van der Waals surface area contributed by atoms with E-state index in [0.717, 1.165) is 13.0 Å². The molecule has 0 bridgehead atoms. The van der Waals surface area contributed by atoms with Crippen molar-refractivity contribution in [2.45, 2.75) is 39.2 Å². The first-order chi connectivity index (χ1) is 6.35. The lowest BCUT2D eigenvalue weighted by Gasteiger charge is -2.15. The lowest BCUT2D eigenvalue weighted by Crippen LogP contribution is -2.29. The second-order valence-electron chi connectivity index (χ2n) is 3.00. The van der Waals surface area contributed by atoms with Gasteiger partial charge in [-0.15, -0.1) is 11.8 Å². The fraction of sp³-hybridized carbons (Fsp3) is 0.818. The van der Waals surface area contributed by atoms with Gasteiger partial charge in [0.25, 0.3) is 0 Å². The van der Waals surface area contributed by atoms with Gasteiger partial charge in [-0.1, -0.05) is 6.92 Å². The van der Waals surface area contributed by atoms with Crippen LogP contribution in [0, 0.1) is 11.8 Å². The summed E-state index contributed by atoms with van der Waals surface area (Å²) in [5, 5.41) is 3.50. The average molecular weight is 199 g/mol. The molecular weight excluding hydrogens is 178 g/mol. The zero-order valence-corrected chi connectivity index (χ0v) is 9.84. The summed E-state index contributed by atoms with van der Waals surface area (Å²) in [5.41, 5.74) is 0. The standard InChI is InChI=1S/C11H21NS/c1-4-6-7-8-11(12-5-2)9-10-13-3/h11-12H,5,7-10H2,1-3H3. The first-order valence-corrected chi connectivity index (χ1v) is 6.36. The van der Waals surface area contributed by atoms with Crippen LogP contribution in [0.2, 0.25) is 0 Å². The summed E-state index contributed by atoms with van der Waals surface area (Å²) in [5.74, 6) is 7.30. The molecule has 0 aromatic heterocycles. The minimum absolute atomic E-state index is 0.665. The Morgan fingerprint density at radius 3 is 2.69 bits per heavy atom. The lowest BCUT2D eigenvalue weighted by molar-refractivity contribution is 0.490. The molecule has 0 radical (unpaired) electrons. The van der Waals surface area contributed by atoms with Crippen LogP contribution in [0.4, 0.5) is 0 Å². The van der Waals surface area contributed by atoms with Crippen molar-refractivity contribution in [2.75, 3.05) is 18.6 Å². The summed E-state index contributed by atoms with van der Waals surface area (Å²) in [4.78, 5) is 0. The SMILES string of the molecule is CC#CCCC(CCSC)NCC. The van der Waals surface area contributed by atoms with Crippen LogP contribution in [0.5, 0.6) is 0 Å². The van der Waals surface area contributed by atoms with Crippen LogP contribution in [-0.2, 0) is 0 Å². The molecule has 0 amide bonds. The highest BCUT2D eigenvalue weighted by atomic mass is 32.2. The summed E-state index contributed by atoms with van der Waals surface area (Å²) < 4.78 is 0. The third-order valence-electron chi connectivity index (χ3n) is 1.96. The van der Waals surface area contributed by atoms with Crippen molar-refractivity contribution in [1.29, 1.82) is 0 Å². The Labute approximate surface area is 87.1 Å². The van der Waals surface area contributed by atoms with Crippen molar-refractivity contribution in [1.82, 2.24) is 5.32 Å². The van der Waals surface area contributed by atoms with Crippen LogP contribution in [0.15, 0.2) is 0 Å². The van der Waals surface area contributed by atoms with E-state index >= 15 is 0 Å². The first-order valence-electron chi connectivity index (χ1n) is 4.97. The van der Waals surface area contributed by atoms with E-state index in [2.05, 4.69) is 30.3 Å². The van der Waals surface area contributed by atoms with E-state index in [1.54, 1.807) is 0 Å². The fourth-order valence-corrected chi connectivity index (χ4v) is 1.79. The lowest BCUT2D eigenvalue weighted by atomic mass is 10.1. The van der Waals surface area contributed by atoms with Gasteiger partial charge in [0.15, 0.2) is 0 Å². The van der Waals surface area contributed by atoms with Gasteiger partial charge in [0.1, 0.15) is 0 Å². The molecule has 1 atom stereocenters. The normalized spacial score (nSPS) is 11.9. The minimum Gasteiger partial charge on any atom is -0.314 e. The van der Waals surface area contributed by atoms with E-state index in [-0.39, 0.29) is 0 Å². The predicted molar refractivity (Wildman–Crippen MR) is 63.1 cm³/mol. The second-order valence-corrected chi connectivity index (χ2v) is 3.99. The van der Waals surface area contributed by atoms with Gasteiger partial charge in [-0.2, -0.15) is 11.8 Å². The number of rotatable bonds is 7. The van der Waals surface area contributed by atoms with Crippen molar-refractivity contribution in [3.63, 3.8) is 0 Å². The third kappa shape index (κ3) is 8.21. The van der Waals surface area contributed by atoms with Gasteiger partial charge in [-0.05, 0) is 38.3 Å². The van der Waals surface area contributed by atoms with Gasteiger partial charge < -0.3 is 5.32 Å². The largest absolute Gasteiger partial charge is 0.314 e. The Morgan fingerprint density at radius 1 is 1.38 bits per heavy atom.